The molecular formula is C18H37P. The van der Waals surface area contributed by atoms with Gasteiger partial charge in [-0.05, 0) is 18.5 Å². The number of hydrogen-bond donors (Lipinski definition) is 0. The van der Waals surface area contributed by atoms with E-state index in [1.807, 2.05) is 0 Å². The van der Waals surface area contributed by atoms with Crippen LogP contribution in [0.25, 0.3) is 0 Å². The second-order valence-electron chi connectivity index (χ2n) is 6.64. The van der Waals surface area contributed by atoms with E-state index in [9.17, 15) is 0 Å². The van der Waals surface area contributed by atoms with Gasteiger partial charge in [0.05, 0.1) is 0 Å². The highest BCUT2D eigenvalue weighted by molar-refractivity contribution is 7.17. The molecule has 0 spiro atoms. The number of hydrogen-bond acceptors (Lipinski definition) is 0. The van der Waals surface area contributed by atoms with Gasteiger partial charge in [0.15, 0.2) is 0 Å². The lowest BCUT2D eigenvalue weighted by molar-refractivity contribution is 0.504. The van der Waals surface area contributed by atoms with E-state index in [1.165, 1.54) is 109 Å². The molecule has 0 amide bonds. The van der Waals surface area contributed by atoms with Gasteiger partial charge < -0.3 is 0 Å². The first-order valence-electron chi connectivity index (χ1n) is 9.15. The fourth-order valence-corrected chi connectivity index (χ4v) is 3.73. The molecule has 0 radical (unpaired) electrons. The summed E-state index contributed by atoms with van der Waals surface area (Å²) in [6.45, 7) is 0. The smallest absolute Gasteiger partial charge is 0.0264 e. The summed E-state index contributed by atoms with van der Waals surface area (Å²) in [5, 5.41) is 0. The molecule has 0 saturated heterocycles. The van der Waals surface area contributed by atoms with Gasteiger partial charge in [-0.15, -0.1) is 9.24 Å². The van der Waals surface area contributed by atoms with E-state index in [1.54, 1.807) is 0 Å². The summed E-state index contributed by atoms with van der Waals surface area (Å²) in [4.78, 5) is 0. The lowest BCUT2D eigenvalue weighted by Crippen LogP contribution is -2.02. The van der Waals surface area contributed by atoms with Crippen molar-refractivity contribution in [2.45, 2.75) is 115 Å². The minimum atomic E-state index is 0.953. The number of rotatable bonds is 0. The Morgan fingerprint density at radius 1 is 0.368 bits per heavy atom. The molecule has 3 aliphatic carbocycles. The highest BCUT2D eigenvalue weighted by Gasteiger charge is 2.06. The second kappa shape index (κ2) is 13.4. The summed E-state index contributed by atoms with van der Waals surface area (Å²) in [6.07, 6.45) is 25.3. The van der Waals surface area contributed by atoms with Gasteiger partial charge in [0.25, 0.3) is 0 Å². The predicted molar refractivity (Wildman–Crippen MR) is 92.0 cm³/mol. The average Bonchev–Trinajstić information content (AvgIpc) is 2.53. The monoisotopic (exact) mass is 284 g/mol. The zero-order chi connectivity index (χ0) is 13.6. The summed E-state index contributed by atoms with van der Waals surface area (Å²) in [5.74, 6) is 0. The molecule has 3 fully saturated rings. The van der Waals surface area contributed by atoms with Crippen LogP contribution >= 0.6 is 9.24 Å². The van der Waals surface area contributed by atoms with Crippen molar-refractivity contribution in [1.29, 1.82) is 0 Å². The molecule has 19 heavy (non-hydrogen) atoms. The Bertz CT molecular complexity index is 130. The molecule has 3 aliphatic rings. The fraction of sp³-hybridized carbons (Fsp3) is 1.00. The summed E-state index contributed by atoms with van der Waals surface area (Å²) in [5.41, 5.74) is 0.953. The molecule has 0 aromatic rings. The Balaban J connectivity index is 0.000000143. The minimum absolute atomic E-state index is 0.953. The molecule has 1 unspecified atom stereocenters. The SMILES string of the molecule is C1CCCCC1.C1CCCCC1.PC1CCCCC1. The van der Waals surface area contributed by atoms with Crippen LogP contribution in [0.5, 0.6) is 0 Å². The summed E-state index contributed by atoms with van der Waals surface area (Å²) in [7, 11) is 2.91. The summed E-state index contributed by atoms with van der Waals surface area (Å²) < 4.78 is 0. The summed E-state index contributed by atoms with van der Waals surface area (Å²) >= 11 is 0. The van der Waals surface area contributed by atoms with Crippen molar-refractivity contribution in [1.82, 2.24) is 0 Å². The Morgan fingerprint density at radius 3 is 0.737 bits per heavy atom. The lowest BCUT2D eigenvalue weighted by Gasteiger charge is -2.15. The third-order valence-corrected chi connectivity index (χ3v) is 5.32. The minimum Gasteiger partial charge on any atom is -0.134 e. The van der Waals surface area contributed by atoms with Gasteiger partial charge >= 0.3 is 0 Å². The maximum atomic E-state index is 2.91. The van der Waals surface area contributed by atoms with Crippen LogP contribution in [-0.4, -0.2) is 5.66 Å². The quantitative estimate of drug-likeness (QED) is 0.425. The Morgan fingerprint density at radius 2 is 0.579 bits per heavy atom. The van der Waals surface area contributed by atoms with E-state index in [2.05, 4.69) is 9.24 Å². The fourth-order valence-electron chi connectivity index (χ4n) is 3.26. The lowest BCUT2D eigenvalue weighted by atomic mass is 10.0. The largest absolute Gasteiger partial charge is 0.134 e. The van der Waals surface area contributed by atoms with Crippen LogP contribution in [0, 0.1) is 0 Å². The topological polar surface area (TPSA) is 0 Å². The highest BCUT2D eigenvalue weighted by Crippen LogP contribution is 2.23. The molecule has 0 aliphatic heterocycles. The molecule has 0 aromatic carbocycles. The first kappa shape index (κ1) is 17.5. The maximum Gasteiger partial charge on any atom is -0.0264 e. The molecule has 1 heteroatoms. The molecule has 114 valence electrons. The van der Waals surface area contributed by atoms with E-state index in [0.717, 1.165) is 5.66 Å². The van der Waals surface area contributed by atoms with Crippen LogP contribution in [-0.2, 0) is 0 Å². The van der Waals surface area contributed by atoms with Gasteiger partial charge in [-0.2, -0.15) is 0 Å². The Labute approximate surface area is 124 Å². The van der Waals surface area contributed by atoms with Crippen molar-refractivity contribution in [3.8, 4) is 0 Å². The van der Waals surface area contributed by atoms with Gasteiger partial charge in [-0.25, -0.2) is 0 Å². The van der Waals surface area contributed by atoms with Gasteiger partial charge in [-0.1, -0.05) is 96.3 Å². The third-order valence-electron chi connectivity index (χ3n) is 4.65. The highest BCUT2D eigenvalue weighted by atomic mass is 31.0. The van der Waals surface area contributed by atoms with Crippen LogP contribution in [0.2, 0.25) is 0 Å². The van der Waals surface area contributed by atoms with Gasteiger partial charge in [0.1, 0.15) is 0 Å². The molecule has 3 saturated carbocycles. The van der Waals surface area contributed by atoms with Crippen LogP contribution < -0.4 is 0 Å². The molecule has 0 nitrogen and oxygen atoms in total. The van der Waals surface area contributed by atoms with Crippen LogP contribution in [0.15, 0.2) is 0 Å². The zero-order valence-electron chi connectivity index (χ0n) is 13.2. The van der Waals surface area contributed by atoms with E-state index in [4.69, 9.17) is 0 Å². The van der Waals surface area contributed by atoms with Crippen LogP contribution in [0.4, 0.5) is 0 Å². The molecule has 0 heterocycles. The van der Waals surface area contributed by atoms with E-state index < -0.39 is 0 Å². The standard InChI is InChI=1S/C6H13P.2C6H12/c7-6-4-2-1-3-5-6;2*1-2-4-6-5-3-1/h6H,1-5,7H2;2*1-6H2. The zero-order valence-corrected chi connectivity index (χ0v) is 14.3. The van der Waals surface area contributed by atoms with E-state index >= 15 is 0 Å². The predicted octanol–water partition coefficient (Wildman–Crippen LogP) is 6.88. The molecule has 0 N–H and O–H groups in total. The first-order valence-corrected chi connectivity index (χ1v) is 9.82. The van der Waals surface area contributed by atoms with Crippen molar-refractivity contribution >= 4 is 9.24 Å². The van der Waals surface area contributed by atoms with Crippen molar-refractivity contribution in [3.63, 3.8) is 0 Å². The first-order chi connectivity index (χ1) is 9.39. The van der Waals surface area contributed by atoms with Crippen molar-refractivity contribution in [2.24, 2.45) is 0 Å². The average molecular weight is 284 g/mol. The van der Waals surface area contributed by atoms with Crippen LogP contribution in [0.1, 0.15) is 109 Å². The maximum absolute atomic E-state index is 2.91. The molecule has 3 rings (SSSR count). The Kier molecular flexibility index (Phi) is 12.3. The third kappa shape index (κ3) is 11.9. The second-order valence-corrected chi connectivity index (χ2v) is 7.58. The van der Waals surface area contributed by atoms with Crippen molar-refractivity contribution in [2.75, 3.05) is 0 Å². The molecule has 1 atom stereocenters. The Hall–Kier alpha value is 0.430. The van der Waals surface area contributed by atoms with Gasteiger partial charge in [0, 0.05) is 0 Å². The molecular weight excluding hydrogens is 247 g/mol. The normalized spacial score (nSPS) is 24.5. The van der Waals surface area contributed by atoms with Gasteiger partial charge in [-0.3, -0.25) is 0 Å². The van der Waals surface area contributed by atoms with E-state index in [-0.39, 0.29) is 0 Å². The van der Waals surface area contributed by atoms with Crippen molar-refractivity contribution < 1.29 is 0 Å². The summed E-state index contributed by atoms with van der Waals surface area (Å²) in [6, 6.07) is 0. The van der Waals surface area contributed by atoms with Gasteiger partial charge in [0.2, 0.25) is 0 Å². The van der Waals surface area contributed by atoms with Crippen molar-refractivity contribution in [3.05, 3.63) is 0 Å². The molecule has 0 aromatic heterocycles. The van der Waals surface area contributed by atoms with Crippen LogP contribution in [0.3, 0.4) is 0 Å². The van der Waals surface area contributed by atoms with E-state index in [0.29, 0.717) is 0 Å². The molecule has 0 bridgehead atoms.